The summed E-state index contributed by atoms with van der Waals surface area (Å²) < 4.78 is 5.87. The van der Waals surface area contributed by atoms with Crippen molar-refractivity contribution in [2.24, 2.45) is 0 Å². The highest BCUT2D eigenvalue weighted by Gasteiger charge is 2.32. The second kappa shape index (κ2) is 8.14. The Bertz CT molecular complexity index is 999. The summed E-state index contributed by atoms with van der Waals surface area (Å²) in [6.07, 6.45) is 3.42. The summed E-state index contributed by atoms with van der Waals surface area (Å²) in [4.78, 5) is 22.6. The van der Waals surface area contributed by atoms with Gasteiger partial charge in [-0.15, -0.1) is 0 Å². The van der Waals surface area contributed by atoms with Crippen LogP contribution in [0.3, 0.4) is 0 Å². The summed E-state index contributed by atoms with van der Waals surface area (Å²) in [5.41, 5.74) is 2.20. The average molecular weight is 413 g/mol. The summed E-state index contributed by atoms with van der Waals surface area (Å²) in [6.45, 7) is 6.94. The number of aromatic amines is 1. The van der Waals surface area contributed by atoms with Gasteiger partial charge in [0.25, 0.3) is 5.91 Å². The second-order valence-electron chi connectivity index (χ2n) is 7.96. The van der Waals surface area contributed by atoms with Crippen LogP contribution in [-0.4, -0.2) is 52.6 Å². The Morgan fingerprint density at radius 1 is 1.34 bits per heavy atom. The fourth-order valence-electron chi connectivity index (χ4n) is 3.89. The SMILES string of the molecule is CC1(C)CN(C(CNC(=O)c2c[nH]c3ncccc23)c2ccc(Cl)cc2)CCO1. The van der Waals surface area contributed by atoms with Gasteiger partial charge in [-0.05, 0) is 43.7 Å². The van der Waals surface area contributed by atoms with Gasteiger partial charge in [0.05, 0.1) is 23.8 Å². The largest absolute Gasteiger partial charge is 0.373 e. The number of ether oxygens (including phenoxy) is 1. The third-order valence-electron chi connectivity index (χ3n) is 5.30. The van der Waals surface area contributed by atoms with Gasteiger partial charge in [-0.3, -0.25) is 9.69 Å². The van der Waals surface area contributed by atoms with Crippen molar-refractivity contribution in [3.63, 3.8) is 0 Å². The first kappa shape index (κ1) is 19.9. The molecule has 3 aromatic rings. The number of carbonyl (C=O) groups excluding carboxylic acids is 1. The van der Waals surface area contributed by atoms with E-state index >= 15 is 0 Å². The molecule has 1 aliphatic rings. The van der Waals surface area contributed by atoms with E-state index in [4.69, 9.17) is 16.3 Å². The van der Waals surface area contributed by atoms with Crippen LogP contribution in [0, 0.1) is 0 Å². The number of pyridine rings is 1. The molecule has 152 valence electrons. The van der Waals surface area contributed by atoms with Crippen LogP contribution in [0.2, 0.25) is 5.02 Å². The van der Waals surface area contributed by atoms with Crippen molar-refractivity contribution in [3.8, 4) is 0 Å². The van der Waals surface area contributed by atoms with Crippen molar-refractivity contribution < 1.29 is 9.53 Å². The number of amides is 1. The molecule has 0 aliphatic carbocycles. The molecule has 1 amide bonds. The zero-order valence-corrected chi connectivity index (χ0v) is 17.4. The standard InChI is InChI=1S/C22H25ClN4O2/c1-22(2)14-27(10-11-29-22)19(15-5-7-16(23)8-6-15)13-26-21(28)18-12-25-20-17(18)4-3-9-24-20/h3-9,12,19H,10-11,13-14H2,1-2H3,(H,24,25)(H,26,28). The van der Waals surface area contributed by atoms with E-state index < -0.39 is 0 Å². The quantitative estimate of drug-likeness (QED) is 0.668. The highest BCUT2D eigenvalue weighted by atomic mass is 35.5. The predicted octanol–water partition coefficient (Wildman–Crippen LogP) is 3.80. The summed E-state index contributed by atoms with van der Waals surface area (Å²) in [7, 11) is 0. The number of morpholine rings is 1. The number of aromatic nitrogens is 2. The van der Waals surface area contributed by atoms with Crippen molar-refractivity contribution in [3.05, 3.63) is 64.9 Å². The third-order valence-corrected chi connectivity index (χ3v) is 5.55. The first-order valence-corrected chi connectivity index (χ1v) is 10.1. The molecule has 1 saturated heterocycles. The minimum absolute atomic E-state index is 0.0303. The lowest BCUT2D eigenvalue weighted by atomic mass is 10.0. The number of fused-ring (bicyclic) bond motifs is 1. The van der Waals surface area contributed by atoms with Crippen LogP contribution in [0.1, 0.15) is 35.8 Å². The van der Waals surface area contributed by atoms with Crippen LogP contribution in [0.15, 0.2) is 48.8 Å². The summed E-state index contributed by atoms with van der Waals surface area (Å²) in [5, 5.41) is 4.63. The molecule has 1 atom stereocenters. The fourth-order valence-corrected chi connectivity index (χ4v) is 4.02. The van der Waals surface area contributed by atoms with Gasteiger partial charge in [0.2, 0.25) is 0 Å². The Balaban J connectivity index is 1.55. The van der Waals surface area contributed by atoms with Crippen molar-refractivity contribution >= 4 is 28.5 Å². The number of H-pyrrole nitrogens is 1. The van der Waals surface area contributed by atoms with Crippen LogP contribution >= 0.6 is 11.6 Å². The van der Waals surface area contributed by atoms with Gasteiger partial charge in [-0.1, -0.05) is 23.7 Å². The van der Waals surface area contributed by atoms with E-state index in [0.717, 1.165) is 24.0 Å². The summed E-state index contributed by atoms with van der Waals surface area (Å²) in [5.74, 6) is -0.115. The molecule has 0 bridgehead atoms. The van der Waals surface area contributed by atoms with Crippen LogP contribution < -0.4 is 5.32 Å². The lowest BCUT2D eigenvalue weighted by molar-refractivity contribution is -0.0972. The molecule has 6 nitrogen and oxygen atoms in total. The highest BCUT2D eigenvalue weighted by molar-refractivity contribution is 6.30. The van der Waals surface area contributed by atoms with E-state index in [-0.39, 0.29) is 17.6 Å². The molecule has 1 aliphatic heterocycles. The number of hydrogen-bond donors (Lipinski definition) is 2. The molecule has 2 aromatic heterocycles. The van der Waals surface area contributed by atoms with Crippen LogP contribution in [0.4, 0.5) is 0 Å². The number of nitrogens with zero attached hydrogens (tertiary/aromatic N) is 2. The monoisotopic (exact) mass is 412 g/mol. The van der Waals surface area contributed by atoms with Gasteiger partial charge in [-0.25, -0.2) is 4.98 Å². The molecule has 29 heavy (non-hydrogen) atoms. The molecule has 0 radical (unpaired) electrons. The smallest absolute Gasteiger partial charge is 0.253 e. The molecule has 0 saturated carbocycles. The topological polar surface area (TPSA) is 70.2 Å². The van der Waals surface area contributed by atoms with Crippen molar-refractivity contribution in [1.82, 2.24) is 20.2 Å². The Kier molecular flexibility index (Phi) is 5.58. The second-order valence-corrected chi connectivity index (χ2v) is 8.39. The summed E-state index contributed by atoms with van der Waals surface area (Å²) in [6, 6.07) is 11.6. The third kappa shape index (κ3) is 4.45. The molecule has 1 aromatic carbocycles. The zero-order valence-electron chi connectivity index (χ0n) is 16.6. The predicted molar refractivity (Wildman–Crippen MR) is 114 cm³/mol. The Hall–Kier alpha value is -2.41. The van der Waals surface area contributed by atoms with Gasteiger partial charge < -0.3 is 15.0 Å². The number of halogens is 1. The van der Waals surface area contributed by atoms with Gasteiger partial charge in [0.1, 0.15) is 5.65 Å². The maximum absolute atomic E-state index is 12.9. The zero-order chi connectivity index (χ0) is 20.4. The van der Waals surface area contributed by atoms with E-state index in [1.807, 2.05) is 36.4 Å². The minimum Gasteiger partial charge on any atom is -0.373 e. The van der Waals surface area contributed by atoms with Crippen molar-refractivity contribution in [2.75, 3.05) is 26.2 Å². The van der Waals surface area contributed by atoms with Crippen LogP contribution in [0.5, 0.6) is 0 Å². The van der Waals surface area contributed by atoms with E-state index in [2.05, 4.69) is 34.0 Å². The molecule has 3 heterocycles. The Morgan fingerprint density at radius 3 is 2.90 bits per heavy atom. The van der Waals surface area contributed by atoms with E-state index in [1.165, 1.54) is 0 Å². The molecular weight excluding hydrogens is 388 g/mol. The van der Waals surface area contributed by atoms with Gasteiger partial charge in [0.15, 0.2) is 0 Å². The lowest BCUT2D eigenvalue weighted by Gasteiger charge is -2.42. The van der Waals surface area contributed by atoms with Gasteiger partial charge in [0, 0.05) is 42.4 Å². The molecular formula is C22H25ClN4O2. The Labute approximate surface area is 175 Å². The van der Waals surface area contributed by atoms with Gasteiger partial charge >= 0.3 is 0 Å². The first-order valence-electron chi connectivity index (χ1n) is 9.77. The van der Waals surface area contributed by atoms with Gasteiger partial charge in [-0.2, -0.15) is 0 Å². The van der Waals surface area contributed by atoms with Crippen molar-refractivity contribution in [1.29, 1.82) is 0 Å². The minimum atomic E-state index is -0.227. The normalized spacial score (nSPS) is 17.9. The average Bonchev–Trinajstić information content (AvgIpc) is 3.13. The molecule has 1 fully saturated rings. The van der Waals surface area contributed by atoms with E-state index in [1.54, 1.807) is 12.4 Å². The Morgan fingerprint density at radius 2 is 2.14 bits per heavy atom. The van der Waals surface area contributed by atoms with Crippen molar-refractivity contribution in [2.45, 2.75) is 25.5 Å². The number of rotatable bonds is 5. The molecule has 0 spiro atoms. The number of nitrogens with one attached hydrogen (secondary N) is 2. The number of benzene rings is 1. The maximum atomic E-state index is 12.9. The molecule has 2 N–H and O–H groups in total. The van der Waals surface area contributed by atoms with E-state index in [9.17, 15) is 4.79 Å². The molecule has 1 unspecified atom stereocenters. The maximum Gasteiger partial charge on any atom is 0.253 e. The van der Waals surface area contributed by atoms with Crippen LogP contribution in [0.25, 0.3) is 11.0 Å². The lowest BCUT2D eigenvalue weighted by Crippen LogP contribution is -2.51. The van der Waals surface area contributed by atoms with E-state index in [0.29, 0.717) is 29.4 Å². The molecule has 7 heteroatoms. The number of carbonyl (C=O) groups is 1. The molecule has 4 rings (SSSR count). The fraction of sp³-hybridized carbons (Fsp3) is 0.364. The highest BCUT2D eigenvalue weighted by Crippen LogP contribution is 2.27. The summed E-state index contributed by atoms with van der Waals surface area (Å²) >= 11 is 6.09. The number of hydrogen-bond acceptors (Lipinski definition) is 4. The first-order chi connectivity index (χ1) is 13.9. The van der Waals surface area contributed by atoms with Crippen LogP contribution in [-0.2, 0) is 4.74 Å².